The molecule has 4 atom stereocenters. The number of carbonyl (C=O) groups is 3. The molecule has 172 valence electrons. The highest BCUT2D eigenvalue weighted by Gasteiger charge is 2.39. The van der Waals surface area contributed by atoms with Crippen molar-refractivity contribution in [2.75, 3.05) is 12.5 Å². The summed E-state index contributed by atoms with van der Waals surface area (Å²) in [5.74, 6) is -1.08. The van der Waals surface area contributed by atoms with Gasteiger partial charge in [0.2, 0.25) is 5.78 Å². The first-order valence-corrected chi connectivity index (χ1v) is 11.6. The van der Waals surface area contributed by atoms with Crippen LogP contribution in [0, 0.1) is 11.8 Å². The van der Waals surface area contributed by atoms with Gasteiger partial charge in [0.25, 0.3) is 0 Å². The Hall–Kier alpha value is -1.24. The van der Waals surface area contributed by atoms with Crippen LogP contribution in [0.4, 0.5) is 0 Å². The van der Waals surface area contributed by atoms with Crippen LogP contribution < -0.4 is 0 Å². The zero-order valence-corrected chi connectivity index (χ0v) is 19.0. The van der Waals surface area contributed by atoms with E-state index in [0.29, 0.717) is 31.6 Å². The third-order valence-corrected chi connectivity index (χ3v) is 5.94. The van der Waals surface area contributed by atoms with Crippen molar-refractivity contribution in [2.45, 2.75) is 89.8 Å². The number of alkyl halides is 1. The highest BCUT2D eigenvalue weighted by molar-refractivity contribution is 6.33. The number of hydrogen-bond acceptors (Lipinski definition) is 6. The van der Waals surface area contributed by atoms with Crippen molar-refractivity contribution in [2.24, 2.45) is 11.8 Å². The van der Waals surface area contributed by atoms with Gasteiger partial charge in [0.15, 0.2) is 0 Å². The first kappa shape index (κ1) is 26.8. The molecule has 0 saturated heterocycles. The van der Waals surface area contributed by atoms with E-state index in [1.165, 1.54) is 0 Å². The summed E-state index contributed by atoms with van der Waals surface area (Å²) in [6, 6.07) is 0. The lowest BCUT2D eigenvalue weighted by Crippen LogP contribution is -2.23. The van der Waals surface area contributed by atoms with Crippen LogP contribution in [-0.4, -0.2) is 51.9 Å². The van der Waals surface area contributed by atoms with Gasteiger partial charge in [0, 0.05) is 30.6 Å². The molecule has 0 bridgehead atoms. The van der Waals surface area contributed by atoms with Crippen LogP contribution >= 0.6 is 11.6 Å². The number of esters is 1. The summed E-state index contributed by atoms with van der Waals surface area (Å²) >= 11 is 5.68. The minimum Gasteiger partial charge on any atom is -0.460 e. The fourth-order valence-corrected chi connectivity index (χ4v) is 4.07. The number of ether oxygens (including phenoxy) is 1. The summed E-state index contributed by atoms with van der Waals surface area (Å²) in [6.07, 6.45) is 9.06. The van der Waals surface area contributed by atoms with Gasteiger partial charge in [-0.25, -0.2) is 4.79 Å². The first-order chi connectivity index (χ1) is 14.2. The Balaban J connectivity index is 2.38. The van der Waals surface area contributed by atoms with Gasteiger partial charge in [-0.05, 0) is 46.0 Å². The van der Waals surface area contributed by atoms with Gasteiger partial charge < -0.3 is 14.9 Å². The average Bonchev–Trinajstić information content (AvgIpc) is 2.95. The number of ketones is 2. The standard InChI is InChI=1S/C23H37ClO6/c1-3-30-22(28)19(25)12-7-5-4-6-10-17-18(21(27)16-20(17)26)11-8-13-23(2,29)14-9-15-24/h8,11,17-18,21,27,29H,3-7,9-10,12-16H2,1-2H3/t17-,18-,21-,23?/m1/s1. The van der Waals surface area contributed by atoms with E-state index < -0.39 is 23.5 Å². The second-order valence-corrected chi connectivity index (χ2v) is 8.82. The molecule has 0 aromatic carbocycles. The van der Waals surface area contributed by atoms with Crippen LogP contribution in [-0.2, 0) is 19.1 Å². The van der Waals surface area contributed by atoms with Crippen LogP contribution in [0.3, 0.4) is 0 Å². The molecular weight excluding hydrogens is 408 g/mol. The van der Waals surface area contributed by atoms with E-state index in [0.717, 1.165) is 25.7 Å². The third-order valence-electron chi connectivity index (χ3n) is 5.67. The molecule has 1 aliphatic carbocycles. The largest absolute Gasteiger partial charge is 0.460 e. The van der Waals surface area contributed by atoms with Gasteiger partial charge >= 0.3 is 5.97 Å². The van der Waals surface area contributed by atoms with Gasteiger partial charge in [-0.15, -0.1) is 11.6 Å². The minimum atomic E-state index is -0.838. The summed E-state index contributed by atoms with van der Waals surface area (Å²) in [5.41, 5.74) is -0.838. The Kier molecular flexibility index (Phi) is 12.5. The molecule has 1 saturated carbocycles. The lowest BCUT2D eigenvalue weighted by Gasteiger charge is -2.22. The normalized spacial score (nSPS) is 23.6. The first-order valence-electron chi connectivity index (χ1n) is 11.1. The Morgan fingerprint density at radius 1 is 1.23 bits per heavy atom. The van der Waals surface area contributed by atoms with Gasteiger partial charge in [-0.2, -0.15) is 0 Å². The molecule has 2 N–H and O–H groups in total. The molecule has 0 spiro atoms. The molecule has 0 heterocycles. The molecule has 0 aromatic heterocycles. The zero-order valence-electron chi connectivity index (χ0n) is 18.3. The highest BCUT2D eigenvalue weighted by atomic mass is 35.5. The van der Waals surface area contributed by atoms with Crippen LogP contribution in [0.5, 0.6) is 0 Å². The summed E-state index contributed by atoms with van der Waals surface area (Å²) in [5, 5.41) is 20.6. The van der Waals surface area contributed by atoms with E-state index in [1.807, 2.05) is 12.2 Å². The summed E-state index contributed by atoms with van der Waals surface area (Å²) in [4.78, 5) is 35.1. The monoisotopic (exact) mass is 444 g/mol. The van der Waals surface area contributed by atoms with Crippen molar-refractivity contribution in [3.05, 3.63) is 12.2 Å². The van der Waals surface area contributed by atoms with Crippen molar-refractivity contribution < 1.29 is 29.3 Å². The molecule has 30 heavy (non-hydrogen) atoms. The number of carbonyl (C=O) groups excluding carboxylic acids is 3. The van der Waals surface area contributed by atoms with Gasteiger partial charge in [0.05, 0.1) is 18.3 Å². The van der Waals surface area contributed by atoms with Crippen molar-refractivity contribution in [3.8, 4) is 0 Å². The number of hydrogen-bond donors (Lipinski definition) is 2. The van der Waals surface area contributed by atoms with Gasteiger partial charge in [0.1, 0.15) is 5.78 Å². The molecule has 0 aliphatic heterocycles. The van der Waals surface area contributed by atoms with Crippen LogP contribution in [0.15, 0.2) is 12.2 Å². The summed E-state index contributed by atoms with van der Waals surface area (Å²) in [7, 11) is 0. The highest BCUT2D eigenvalue weighted by Crippen LogP contribution is 2.34. The molecule has 1 fully saturated rings. The van der Waals surface area contributed by atoms with E-state index in [2.05, 4.69) is 4.74 Å². The van der Waals surface area contributed by atoms with E-state index in [9.17, 15) is 24.6 Å². The number of unbranched alkanes of at least 4 members (excludes halogenated alkanes) is 3. The smallest absolute Gasteiger partial charge is 0.374 e. The lowest BCUT2D eigenvalue weighted by atomic mass is 9.87. The maximum Gasteiger partial charge on any atom is 0.374 e. The van der Waals surface area contributed by atoms with Gasteiger partial charge in [-0.1, -0.05) is 31.4 Å². The zero-order chi connectivity index (χ0) is 22.6. The van der Waals surface area contributed by atoms with E-state index in [4.69, 9.17) is 11.6 Å². The number of halogens is 1. The number of aliphatic hydroxyl groups excluding tert-OH is 1. The van der Waals surface area contributed by atoms with Crippen LogP contribution in [0.2, 0.25) is 0 Å². The van der Waals surface area contributed by atoms with Crippen LogP contribution in [0.25, 0.3) is 0 Å². The van der Waals surface area contributed by atoms with E-state index >= 15 is 0 Å². The Morgan fingerprint density at radius 3 is 2.60 bits per heavy atom. The predicted octanol–water partition coefficient (Wildman–Crippen LogP) is 3.74. The van der Waals surface area contributed by atoms with Crippen molar-refractivity contribution in [1.29, 1.82) is 0 Å². The number of rotatable bonds is 15. The number of aliphatic hydroxyl groups is 2. The Bertz CT molecular complexity index is 586. The second kappa shape index (κ2) is 13.9. The van der Waals surface area contributed by atoms with Crippen LogP contribution in [0.1, 0.15) is 78.1 Å². The van der Waals surface area contributed by atoms with Gasteiger partial charge in [-0.3, -0.25) is 9.59 Å². The molecule has 0 amide bonds. The molecule has 1 rings (SSSR count). The third kappa shape index (κ3) is 9.71. The molecule has 0 radical (unpaired) electrons. The summed E-state index contributed by atoms with van der Waals surface area (Å²) < 4.78 is 4.68. The molecular formula is C23H37ClO6. The Labute approximate surface area is 185 Å². The summed E-state index contributed by atoms with van der Waals surface area (Å²) in [6.45, 7) is 3.63. The molecule has 7 heteroatoms. The maximum absolute atomic E-state index is 12.3. The molecule has 0 aromatic rings. The fraction of sp³-hybridized carbons (Fsp3) is 0.783. The fourth-order valence-electron chi connectivity index (χ4n) is 3.94. The second-order valence-electron chi connectivity index (χ2n) is 8.44. The van der Waals surface area contributed by atoms with Crippen molar-refractivity contribution in [3.63, 3.8) is 0 Å². The molecule has 1 aliphatic rings. The Morgan fingerprint density at radius 2 is 1.93 bits per heavy atom. The topological polar surface area (TPSA) is 101 Å². The van der Waals surface area contributed by atoms with E-state index in [-0.39, 0.29) is 37.1 Å². The van der Waals surface area contributed by atoms with Crippen molar-refractivity contribution >= 4 is 29.1 Å². The maximum atomic E-state index is 12.3. The quantitative estimate of drug-likeness (QED) is 0.131. The molecule has 1 unspecified atom stereocenters. The number of Topliss-reactive ketones (excluding diaryl/α,β-unsaturated/α-hetero) is 2. The SMILES string of the molecule is CCOC(=O)C(=O)CCCCCC[C@H]1C(=O)C[C@@H](O)[C@@H]1C=CCC(C)(O)CCCCl. The van der Waals surface area contributed by atoms with E-state index in [1.54, 1.807) is 13.8 Å². The predicted molar refractivity (Wildman–Crippen MR) is 116 cm³/mol. The minimum absolute atomic E-state index is 0.0866. The lowest BCUT2D eigenvalue weighted by molar-refractivity contribution is -0.153. The molecule has 6 nitrogen and oxygen atoms in total. The average molecular weight is 445 g/mol. The van der Waals surface area contributed by atoms with Crippen molar-refractivity contribution in [1.82, 2.24) is 0 Å².